The zero-order chi connectivity index (χ0) is 10.1. The summed E-state index contributed by atoms with van der Waals surface area (Å²) in [4.78, 5) is 0. The Labute approximate surface area is 78.5 Å². The quantitative estimate of drug-likeness (QED) is 0.623. The molecule has 1 aliphatic heterocycles. The Balaban J connectivity index is 2.38. The van der Waals surface area contributed by atoms with Crippen LogP contribution in [0.3, 0.4) is 0 Å². The van der Waals surface area contributed by atoms with E-state index in [4.69, 9.17) is 14.6 Å². The monoisotopic (exact) mass is 190 g/mol. The lowest BCUT2D eigenvalue weighted by Gasteiger charge is -2.34. The fourth-order valence-corrected chi connectivity index (χ4v) is 1.22. The van der Waals surface area contributed by atoms with Gasteiger partial charge in [0.2, 0.25) is 0 Å². The molecule has 1 fully saturated rings. The number of ether oxygens (including phenoxy) is 2. The topological polar surface area (TPSA) is 58.9 Å². The molecule has 1 rings (SSSR count). The van der Waals surface area contributed by atoms with Crippen LogP contribution in [0.5, 0.6) is 0 Å². The lowest BCUT2D eigenvalue weighted by atomic mass is 10.1. The van der Waals surface area contributed by atoms with Gasteiger partial charge in [0.25, 0.3) is 0 Å². The van der Waals surface area contributed by atoms with Crippen LogP contribution in [-0.2, 0) is 9.47 Å². The summed E-state index contributed by atoms with van der Waals surface area (Å²) in [6, 6.07) is 0. The third-order valence-corrected chi connectivity index (χ3v) is 1.82. The molecule has 0 spiro atoms. The van der Waals surface area contributed by atoms with Gasteiger partial charge >= 0.3 is 0 Å². The number of hydrogen-bond acceptors (Lipinski definition) is 4. The van der Waals surface area contributed by atoms with Gasteiger partial charge in [-0.05, 0) is 20.8 Å². The molecule has 3 unspecified atom stereocenters. The van der Waals surface area contributed by atoms with Gasteiger partial charge in [-0.3, -0.25) is 0 Å². The van der Waals surface area contributed by atoms with Gasteiger partial charge in [-0.15, -0.1) is 0 Å². The van der Waals surface area contributed by atoms with Gasteiger partial charge in [0.05, 0.1) is 18.3 Å². The zero-order valence-corrected chi connectivity index (χ0v) is 8.36. The first kappa shape index (κ1) is 10.9. The van der Waals surface area contributed by atoms with Gasteiger partial charge in [-0.1, -0.05) is 0 Å². The number of rotatable bonds is 1. The van der Waals surface area contributed by atoms with Crippen LogP contribution < -0.4 is 0 Å². The van der Waals surface area contributed by atoms with E-state index < -0.39 is 18.5 Å². The van der Waals surface area contributed by atoms with E-state index in [1.54, 1.807) is 0 Å². The maximum atomic E-state index is 9.33. The fourth-order valence-electron chi connectivity index (χ4n) is 1.22. The Morgan fingerprint density at radius 2 is 1.85 bits per heavy atom. The third kappa shape index (κ3) is 3.60. The van der Waals surface area contributed by atoms with Crippen molar-refractivity contribution in [3.8, 4) is 0 Å². The predicted molar refractivity (Wildman–Crippen MR) is 47.2 cm³/mol. The van der Waals surface area contributed by atoms with Gasteiger partial charge in [-0.2, -0.15) is 0 Å². The highest BCUT2D eigenvalue weighted by molar-refractivity contribution is 4.75. The highest BCUT2D eigenvalue weighted by atomic mass is 16.7. The minimum atomic E-state index is -0.778. The predicted octanol–water partition coefficient (Wildman–Crippen LogP) is 0.270. The van der Waals surface area contributed by atoms with Crippen molar-refractivity contribution >= 4 is 0 Å². The average molecular weight is 190 g/mol. The molecular weight excluding hydrogens is 172 g/mol. The molecule has 1 heterocycles. The van der Waals surface area contributed by atoms with E-state index in [9.17, 15) is 5.11 Å². The third-order valence-electron chi connectivity index (χ3n) is 1.82. The van der Waals surface area contributed by atoms with Crippen LogP contribution in [0.25, 0.3) is 0 Å². The number of hydrogen-bond donors (Lipinski definition) is 2. The zero-order valence-electron chi connectivity index (χ0n) is 8.36. The van der Waals surface area contributed by atoms with E-state index in [2.05, 4.69) is 0 Å². The summed E-state index contributed by atoms with van der Waals surface area (Å²) in [7, 11) is 0. The summed E-state index contributed by atoms with van der Waals surface area (Å²) >= 11 is 0. The highest BCUT2D eigenvalue weighted by Crippen LogP contribution is 2.20. The van der Waals surface area contributed by atoms with Crippen molar-refractivity contribution in [3.05, 3.63) is 0 Å². The Morgan fingerprint density at radius 3 is 2.31 bits per heavy atom. The van der Waals surface area contributed by atoms with Crippen molar-refractivity contribution in [3.63, 3.8) is 0 Å². The standard InChI is InChI=1S/C9H18O4/c1-9(2,3)13-8-4-6(10)7(11)5-12-8/h6-8,10-11H,4-5H2,1-3H3. The van der Waals surface area contributed by atoms with E-state index in [1.807, 2.05) is 20.8 Å². The Kier molecular flexibility index (Phi) is 3.29. The Morgan fingerprint density at radius 1 is 1.23 bits per heavy atom. The summed E-state index contributed by atoms with van der Waals surface area (Å²) in [6.45, 7) is 5.91. The SMILES string of the molecule is CC(C)(C)OC1CC(O)C(O)CO1. The smallest absolute Gasteiger partial charge is 0.160 e. The summed E-state index contributed by atoms with van der Waals surface area (Å²) in [5, 5.41) is 18.5. The Bertz CT molecular complexity index is 163. The second-order valence-electron chi connectivity index (χ2n) is 4.36. The molecule has 0 radical (unpaired) electrons. The minimum absolute atomic E-state index is 0.141. The Hall–Kier alpha value is -0.160. The van der Waals surface area contributed by atoms with Crippen LogP contribution in [0.1, 0.15) is 27.2 Å². The maximum absolute atomic E-state index is 9.33. The molecule has 78 valence electrons. The van der Waals surface area contributed by atoms with Crippen LogP contribution in [0.2, 0.25) is 0 Å². The van der Waals surface area contributed by atoms with Crippen LogP contribution in [0.4, 0.5) is 0 Å². The summed E-state index contributed by atoms with van der Waals surface area (Å²) in [6.07, 6.45) is -1.59. The second kappa shape index (κ2) is 3.92. The molecule has 2 N–H and O–H groups in total. The molecule has 4 nitrogen and oxygen atoms in total. The normalized spacial score (nSPS) is 36.2. The summed E-state index contributed by atoms with van der Waals surface area (Å²) in [5.74, 6) is 0. The van der Waals surface area contributed by atoms with Crippen molar-refractivity contribution in [2.75, 3.05) is 6.61 Å². The van der Waals surface area contributed by atoms with Crippen LogP contribution in [0, 0.1) is 0 Å². The van der Waals surface area contributed by atoms with E-state index in [0.717, 1.165) is 0 Å². The van der Waals surface area contributed by atoms with E-state index in [0.29, 0.717) is 6.42 Å². The molecule has 1 saturated heterocycles. The lowest BCUT2D eigenvalue weighted by Crippen LogP contribution is -2.44. The lowest BCUT2D eigenvalue weighted by molar-refractivity contribution is -0.248. The molecular formula is C9H18O4. The van der Waals surface area contributed by atoms with Crippen molar-refractivity contribution < 1.29 is 19.7 Å². The molecule has 1 aliphatic rings. The van der Waals surface area contributed by atoms with Crippen molar-refractivity contribution in [1.82, 2.24) is 0 Å². The molecule has 4 heteroatoms. The molecule has 0 aromatic rings. The largest absolute Gasteiger partial charge is 0.390 e. The molecule has 0 aromatic carbocycles. The van der Waals surface area contributed by atoms with Crippen LogP contribution >= 0.6 is 0 Å². The average Bonchev–Trinajstić information content (AvgIpc) is 1.94. The molecule has 0 bridgehead atoms. The van der Waals surface area contributed by atoms with E-state index in [1.165, 1.54) is 0 Å². The number of aliphatic hydroxyl groups excluding tert-OH is 2. The molecule has 0 saturated carbocycles. The summed E-state index contributed by atoms with van der Waals surface area (Å²) < 4.78 is 10.7. The molecule has 0 aromatic heterocycles. The van der Waals surface area contributed by atoms with Crippen LogP contribution in [-0.4, -0.2) is 40.9 Å². The molecule has 0 amide bonds. The second-order valence-corrected chi connectivity index (χ2v) is 4.36. The highest BCUT2D eigenvalue weighted by Gasteiger charge is 2.31. The van der Waals surface area contributed by atoms with Gasteiger partial charge in [0.15, 0.2) is 6.29 Å². The van der Waals surface area contributed by atoms with E-state index in [-0.39, 0.29) is 12.2 Å². The minimum Gasteiger partial charge on any atom is -0.390 e. The van der Waals surface area contributed by atoms with E-state index >= 15 is 0 Å². The van der Waals surface area contributed by atoms with Gasteiger partial charge in [-0.25, -0.2) is 0 Å². The molecule has 13 heavy (non-hydrogen) atoms. The molecule has 0 aliphatic carbocycles. The van der Waals surface area contributed by atoms with Crippen LogP contribution in [0.15, 0.2) is 0 Å². The van der Waals surface area contributed by atoms with Crippen molar-refractivity contribution in [2.24, 2.45) is 0 Å². The summed E-state index contributed by atoms with van der Waals surface area (Å²) in [5.41, 5.74) is -0.285. The first-order valence-corrected chi connectivity index (χ1v) is 4.54. The van der Waals surface area contributed by atoms with Crippen molar-refractivity contribution in [2.45, 2.75) is 51.3 Å². The first-order chi connectivity index (χ1) is 5.88. The van der Waals surface area contributed by atoms with Crippen molar-refractivity contribution in [1.29, 1.82) is 0 Å². The van der Waals surface area contributed by atoms with Gasteiger partial charge in [0.1, 0.15) is 6.10 Å². The maximum Gasteiger partial charge on any atom is 0.160 e. The fraction of sp³-hybridized carbons (Fsp3) is 1.00. The van der Waals surface area contributed by atoms with Gasteiger partial charge in [0, 0.05) is 6.42 Å². The first-order valence-electron chi connectivity index (χ1n) is 4.54. The van der Waals surface area contributed by atoms with Gasteiger partial charge < -0.3 is 19.7 Å². The number of aliphatic hydroxyl groups is 2. The molecule has 3 atom stereocenters.